The highest BCUT2D eigenvalue weighted by Gasteiger charge is 2.45. The van der Waals surface area contributed by atoms with Gasteiger partial charge in [-0.25, -0.2) is 9.69 Å². The summed E-state index contributed by atoms with van der Waals surface area (Å²) < 4.78 is 0. The molecule has 1 saturated heterocycles. The molecule has 0 bridgehead atoms. The van der Waals surface area contributed by atoms with E-state index in [9.17, 15) is 9.59 Å². The number of thiol groups is 1. The molecule has 6 heteroatoms. The van der Waals surface area contributed by atoms with Crippen LogP contribution in [-0.4, -0.2) is 17.5 Å². The van der Waals surface area contributed by atoms with Crippen molar-refractivity contribution in [2.45, 2.75) is 24.3 Å². The highest BCUT2D eigenvalue weighted by atomic mass is 35.5. The van der Waals surface area contributed by atoms with Crippen LogP contribution < -0.4 is 10.2 Å². The maximum absolute atomic E-state index is 12.0. The second-order valence-electron chi connectivity index (χ2n) is 4.33. The van der Waals surface area contributed by atoms with E-state index in [1.54, 1.807) is 32.0 Å². The summed E-state index contributed by atoms with van der Waals surface area (Å²) in [6, 6.07) is 4.38. The molecule has 0 aromatic heterocycles. The quantitative estimate of drug-likeness (QED) is 0.608. The van der Waals surface area contributed by atoms with E-state index in [1.165, 1.54) is 0 Å². The van der Waals surface area contributed by atoms with Crippen LogP contribution in [0.2, 0.25) is 5.02 Å². The fraction of sp³-hybridized carbons (Fsp3) is 0.273. The number of amides is 3. The molecule has 1 aromatic carbocycles. The SMILES string of the molecule is CC1(C)NC(=O)N(c2ccc(S)c(Cl)c2)C1=O. The number of nitrogens with zero attached hydrogens (tertiary/aromatic N) is 1. The minimum absolute atomic E-state index is 0.300. The minimum Gasteiger partial charge on any atom is -0.323 e. The van der Waals surface area contributed by atoms with E-state index >= 15 is 0 Å². The zero-order chi connectivity index (χ0) is 12.8. The van der Waals surface area contributed by atoms with Gasteiger partial charge in [-0.2, -0.15) is 0 Å². The van der Waals surface area contributed by atoms with Gasteiger partial charge in [0, 0.05) is 4.90 Å². The van der Waals surface area contributed by atoms with Gasteiger partial charge >= 0.3 is 6.03 Å². The molecule has 17 heavy (non-hydrogen) atoms. The van der Waals surface area contributed by atoms with Gasteiger partial charge in [-0.3, -0.25) is 4.79 Å². The molecular weight excluding hydrogens is 260 g/mol. The second kappa shape index (κ2) is 3.92. The number of benzene rings is 1. The Kier molecular flexibility index (Phi) is 2.83. The topological polar surface area (TPSA) is 49.4 Å². The lowest BCUT2D eigenvalue weighted by Crippen LogP contribution is -2.40. The van der Waals surface area contributed by atoms with Crippen LogP contribution in [-0.2, 0) is 4.79 Å². The van der Waals surface area contributed by atoms with Gasteiger partial charge in [0.25, 0.3) is 5.91 Å². The lowest BCUT2D eigenvalue weighted by molar-refractivity contribution is -0.120. The molecular formula is C11H11ClN2O2S. The minimum atomic E-state index is -0.886. The average molecular weight is 271 g/mol. The molecule has 1 heterocycles. The number of nitrogens with one attached hydrogen (secondary N) is 1. The number of rotatable bonds is 1. The fourth-order valence-electron chi connectivity index (χ4n) is 1.62. The Labute approximate surface area is 109 Å². The van der Waals surface area contributed by atoms with Crippen LogP contribution in [0.25, 0.3) is 0 Å². The smallest absolute Gasteiger partial charge is 0.323 e. The Morgan fingerprint density at radius 1 is 1.35 bits per heavy atom. The number of carbonyl (C=O) groups excluding carboxylic acids is 2. The average Bonchev–Trinajstić information content (AvgIpc) is 2.42. The number of hydrogen-bond acceptors (Lipinski definition) is 3. The second-order valence-corrected chi connectivity index (χ2v) is 5.22. The molecule has 0 atom stereocenters. The van der Waals surface area contributed by atoms with Gasteiger partial charge in [-0.05, 0) is 32.0 Å². The third-order valence-corrected chi connectivity index (χ3v) is 3.38. The number of imide groups is 1. The summed E-state index contributed by atoms with van der Waals surface area (Å²) in [4.78, 5) is 25.4. The molecule has 4 nitrogen and oxygen atoms in total. The van der Waals surface area contributed by atoms with E-state index < -0.39 is 11.6 Å². The maximum Gasteiger partial charge on any atom is 0.329 e. The molecule has 1 aliphatic rings. The molecule has 2 rings (SSSR count). The molecule has 0 spiro atoms. The van der Waals surface area contributed by atoms with Crippen LogP contribution >= 0.6 is 24.2 Å². The first kappa shape index (κ1) is 12.3. The summed E-state index contributed by atoms with van der Waals surface area (Å²) in [5.74, 6) is -0.300. The molecule has 1 aromatic rings. The van der Waals surface area contributed by atoms with Crippen LogP contribution in [0.4, 0.5) is 10.5 Å². The molecule has 1 aliphatic heterocycles. The lowest BCUT2D eigenvalue weighted by atomic mass is 10.1. The number of anilines is 1. The van der Waals surface area contributed by atoms with E-state index in [0.717, 1.165) is 4.90 Å². The van der Waals surface area contributed by atoms with E-state index in [4.69, 9.17) is 11.6 Å². The lowest BCUT2D eigenvalue weighted by Gasteiger charge is -2.16. The number of urea groups is 1. The van der Waals surface area contributed by atoms with Crippen LogP contribution in [0.15, 0.2) is 23.1 Å². The van der Waals surface area contributed by atoms with Crippen LogP contribution in [0, 0.1) is 0 Å². The van der Waals surface area contributed by atoms with Gasteiger partial charge in [0.05, 0.1) is 10.7 Å². The van der Waals surface area contributed by atoms with Crippen molar-refractivity contribution in [3.05, 3.63) is 23.2 Å². The van der Waals surface area contributed by atoms with Gasteiger partial charge in [-0.1, -0.05) is 11.6 Å². The standard InChI is InChI=1S/C11H11ClN2O2S/c1-11(2)9(15)14(10(16)13-11)6-3-4-8(17)7(12)5-6/h3-5,17H,1-2H3,(H,13,16). The first-order chi connectivity index (χ1) is 7.83. The van der Waals surface area contributed by atoms with Crippen molar-refractivity contribution >= 4 is 41.9 Å². The molecule has 0 saturated carbocycles. The highest BCUT2D eigenvalue weighted by molar-refractivity contribution is 7.80. The zero-order valence-electron chi connectivity index (χ0n) is 9.32. The van der Waals surface area contributed by atoms with Crippen molar-refractivity contribution in [1.82, 2.24) is 5.32 Å². The van der Waals surface area contributed by atoms with E-state index in [0.29, 0.717) is 15.6 Å². The van der Waals surface area contributed by atoms with Crippen LogP contribution in [0.5, 0.6) is 0 Å². The highest BCUT2D eigenvalue weighted by Crippen LogP contribution is 2.29. The van der Waals surface area contributed by atoms with Gasteiger partial charge < -0.3 is 5.32 Å². The third kappa shape index (κ3) is 2.00. The first-order valence-electron chi connectivity index (χ1n) is 4.98. The van der Waals surface area contributed by atoms with Crippen molar-refractivity contribution in [3.63, 3.8) is 0 Å². The molecule has 1 fully saturated rings. The van der Waals surface area contributed by atoms with Gasteiger partial charge in [-0.15, -0.1) is 12.6 Å². The van der Waals surface area contributed by atoms with Crippen LogP contribution in [0.3, 0.4) is 0 Å². The van der Waals surface area contributed by atoms with Crippen LogP contribution in [0.1, 0.15) is 13.8 Å². The van der Waals surface area contributed by atoms with E-state index in [1.807, 2.05) is 0 Å². The summed E-state index contributed by atoms with van der Waals surface area (Å²) in [6.07, 6.45) is 0. The third-order valence-electron chi connectivity index (χ3n) is 2.55. The number of hydrogen-bond donors (Lipinski definition) is 2. The fourth-order valence-corrected chi connectivity index (χ4v) is 1.93. The predicted molar refractivity (Wildman–Crippen MR) is 68.8 cm³/mol. The summed E-state index contributed by atoms with van der Waals surface area (Å²) in [5.41, 5.74) is -0.440. The predicted octanol–water partition coefficient (Wildman–Crippen LogP) is 2.46. The van der Waals surface area contributed by atoms with Gasteiger partial charge in [0.1, 0.15) is 5.54 Å². The molecule has 0 unspecified atom stereocenters. The van der Waals surface area contributed by atoms with Crippen molar-refractivity contribution in [3.8, 4) is 0 Å². The molecule has 0 radical (unpaired) electrons. The van der Waals surface area contributed by atoms with Gasteiger partial charge in [0.2, 0.25) is 0 Å². The molecule has 0 aliphatic carbocycles. The van der Waals surface area contributed by atoms with Crippen molar-refractivity contribution < 1.29 is 9.59 Å². The molecule has 90 valence electrons. The Bertz CT molecular complexity index is 516. The number of carbonyl (C=O) groups is 2. The Morgan fingerprint density at radius 2 is 2.00 bits per heavy atom. The molecule has 1 N–H and O–H groups in total. The summed E-state index contributed by atoms with van der Waals surface area (Å²) >= 11 is 10.0. The maximum atomic E-state index is 12.0. The summed E-state index contributed by atoms with van der Waals surface area (Å²) in [7, 11) is 0. The Hall–Kier alpha value is -1.20. The normalized spacial score (nSPS) is 18.5. The Balaban J connectivity index is 2.44. The van der Waals surface area contributed by atoms with Gasteiger partial charge in [0.15, 0.2) is 0 Å². The van der Waals surface area contributed by atoms with E-state index in [2.05, 4.69) is 17.9 Å². The summed E-state index contributed by atoms with van der Waals surface area (Å²) in [6.45, 7) is 3.31. The largest absolute Gasteiger partial charge is 0.329 e. The summed E-state index contributed by atoms with van der Waals surface area (Å²) in [5, 5.41) is 3.00. The van der Waals surface area contributed by atoms with E-state index in [-0.39, 0.29) is 5.91 Å². The zero-order valence-corrected chi connectivity index (χ0v) is 11.0. The monoisotopic (exact) mass is 270 g/mol. The van der Waals surface area contributed by atoms with Crippen molar-refractivity contribution in [1.29, 1.82) is 0 Å². The van der Waals surface area contributed by atoms with Crippen molar-refractivity contribution in [2.75, 3.05) is 4.90 Å². The Morgan fingerprint density at radius 3 is 2.47 bits per heavy atom. The van der Waals surface area contributed by atoms with Crippen molar-refractivity contribution in [2.24, 2.45) is 0 Å². The number of halogens is 1. The first-order valence-corrected chi connectivity index (χ1v) is 5.80. The molecule has 3 amide bonds.